The molecular weight excluding hydrogens is 194 g/mol. The van der Waals surface area contributed by atoms with Crippen LogP contribution in [-0.4, -0.2) is 55.2 Å². The molecule has 0 aliphatic carbocycles. The number of aliphatic hydroxyl groups is 1. The van der Waals surface area contributed by atoms with Crippen molar-refractivity contribution in [3.05, 3.63) is 0 Å². The molecular formula is C11H23NO3. The molecule has 1 aliphatic rings. The zero-order valence-corrected chi connectivity index (χ0v) is 9.87. The number of ether oxygens (including phenoxy) is 2. The third kappa shape index (κ3) is 4.47. The van der Waals surface area contributed by atoms with Crippen molar-refractivity contribution in [1.29, 1.82) is 0 Å². The third-order valence-corrected chi connectivity index (χ3v) is 2.87. The average molecular weight is 217 g/mol. The van der Waals surface area contributed by atoms with E-state index in [9.17, 15) is 0 Å². The molecule has 4 nitrogen and oxygen atoms in total. The molecule has 1 N–H and O–H groups in total. The lowest BCUT2D eigenvalue weighted by Crippen LogP contribution is -2.31. The van der Waals surface area contributed by atoms with Crippen molar-refractivity contribution in [2.24, 2.45) is 0 Å². The fourth-order valence-corrected chi connectivity index (χ4v) is 1.89. The van der Waals surface area contributed by atoms with Gasteiger partial charge in [-0.25, -0.2) is 0 Å². The van der Waals surface area contributed by atoms with Crippen LogP contribution in [0.5, 0.6) is 0 Å². The molecule has 90 valence electrons. The quantitative estimate of drug-likeness (QED) is 0.686. The summed E-state index contributed by atoms with van der Waals surface area (Å²) in [4.78, 5) is 2.23. The Bertz CT molecular complexity index is 169. The van der Waals surface area contributed by atoms with Crippen LogP contribution < -0.4 is 0 Å². The second-order valence-electron chi connectivity index (χ2n) is 4.09. The Balaban J connectivity index is 2.13. The summed E-state index contributed by atoms with van der Waals surface area (Å²) >= 11 is 0. The van der Waals surface area contributed by atoms with Crippen LogP contribution in [0.25, 0.3) is 0 Å². The molecule has 1 aliphatic heterocycles. The van der Waals surface area contributed by atoms with Gasteiger partial charge in [0.1, 0.15) is 0 Å². The average Bonchev–Trinajstić information content (AvgIpc) is 2.64. The summed E-state index contributed by atoms with van der Waals surface area (Å²) in [5.41, 5.74) is 0. The Morgan fingerprint density at radius 1 is 1.27 bits per heavy atom. The summed E-state index contributed by atoms with van der Waals surface area (Å²) in [6, 6.07) is 0. The third-order valence-electron chi connectivity index (χ3n) is 2.87. The van der Waals surface area contributed by atoms with E-state index in [-0.39, 0.29) is 12.4 Å². The van der Waals surface area contributed by atoms with Crippen LogP contribution in [0.15, 0.2) is 0 Å². The van der Waals surface area contributed by atoms with Crippen LogP contribution in [0.1, 0.15) is 26.7 Å². The molecule has 0 spiro atoms. The number of rotatable bonds is 7. The standard InChI is InChI=1S/C11H23NO3/c1-3-12(7-8-13)6-4-5-11(2)14-9-10-15-11/h13H,3-10H2,1-2H3. The molecule has 1 fully saturated rings. The molecule has 4 heteroatoms. The van der Waals surface area contributed by atoms with Gasteiger partial charge in [0.2, 0.25) is 0 Å². The van der Waals surface area contributed by atoms with Gasteiger partial charge in [-0.3, -0.25) is 0 Å². The van der Waals surface area contributed by atoms with Gasteiger partial charge in [-0.15, -0.1) is 0 Å². The monoisotopic (exact) mass is 217 g/mol. The maximum absolute atomic E-state index is 8.84. The molecule has 0 bridgehead atoms. The lowest BCUT2D eigenvalue weighted by atomic mass is 10.1. The zero-order chi connectivity index (χ0) is 11.1. The predicted molar refractivity (Wildman–Crippen MR) is 58.7 cm³/mol. The predicted octanol–water partition coefficient (Wildman–Crippen LogP) is 0.844. The van der Waals surface area contributed by atoms with Crippen LogP contribution >= 0.6 is 0 Å². The molecule has 1 heterocycles. The van der Waals surface area contributed by atoms with Crippen molar-refractivity contribution >= 4 is 0 Å². The van der Waals surface area contributed by atoms with Gasteiger partial charge >= 0.3 is 0 Å². The van der Waals surface area contributed by atoms with Crippen molar-refractivity contribution in [1.82, 2.24) is 4.90 Å². The van der Waals surface area contributed by atoms with E-state index in [1.165, 1.54) is 0 Å². The molecule has 15 heavy (non-hydrogen) atoms. The second kappa shape index (κ2) is 6.43. The molecule has 0 aromatic rings. The SMILES string of the molecule is CCN(CCO)CCCC1(C)OCCO1. The summed E-state index contributed by atoms with van der Waals surface area (Å²) in [5, 5.41) is 8.84. The summed E-state index contributed by atoms with van der Waals surface area (Å²) in [6.07, 6.45) is 1.97. The van der Waals surface area contributed by atoms with Crippen LogP contribution in [-0.2, 0) is 9.47 Å². The molecule has 0 unspecified atom stereocenters. The number of nitrogens with zero attached hydrogens (tertiary/aromatic N) is 1. The molecule has 1 rings (SSSR count). The van der Waals surface area contributed by atoms with E-state index < -0.39 is 0 Å². The van der Waals surface area contributed by atoms with Crippen molar-refractivity contribution in [2.75, 3.05) is 39.5 Å². The Morgan fingerprint density at radius 3 is 2.47 bits per heavy atom. The summed E-state index contributed by atoms with van der Waals surface area (Å²) < 4.78 is 11.1. The van der Waals surface area contributed by atoms with Gasteiger partial charge in [0.15, 0.2) is 5.79 Å². The molecule has 0 atom stereocenters. The highest BCUT2D eigenvalue weighted by molar-refractivity contribution is 4.69. The van der Waals surface area contributed by atoms with Crippen LogP contribution in [0.2, 0.25) is 0 Å². The fourth-order valence-electron chi connectivity index (χ4n) is 1.89. The van der Waals surface area contributed by atoms with E-state index in [1.54, 1.807) is 0 Å². The highest BCUT2D eigenvalue weighted by Crippen LogP contribution is 2.23. The summed E-state index contributed by atoms with van der Waals surface area (Å²) in [7, 11) is 0. The van der Waals surface area contributed by atoms with Gasteiger partial charge in [0.25, 0.3) is 0 Å². The van der Waals surface area contributed by atoms with E-state index in [0.717, 1.165) is 32.5 Å². The number of likely N-dealkylation sites (N-methyl/N-ethyl adjacent to an activating group) is 1. The lowest BCUT2D eigenvalue weighted by Gasteiger charge is -2.24. The minimum absolute atomic E-state index is 0.234. The number of hydrogen-bond donors (Lipinski definition) is 1. The fraction of sp³-hybridized carbons (Fsp3) is 1.00. The van der Waals surface area contributed by atoms with E-state index >= 15 is 0 Å². The zero-order valence-electron chi connectivity index (χ0n) is 9.87. The molecule has 0 amide bonds. The maximum atomic E-state index is 8.84. The largest absolute Gasteiger partial charge is 0.395 e. The Hall–Kier alpha value is -0.160. The Labute approximate surface area is 92.2 Å². The first-order valence-electron chi connectivity index (χ1n) is 5.81. The first kappa shape index (κ1) is 12.9. The summed E-state index contributed by atoms with van der Waals surface area (Å²) in [6.45, 7) is 8.52. The van der Waals surface area contributed by atoms with E-state index in [0.29, 0.717) is 13.2 Å². The molecule has 1 saturated heterocycles. The van der Waals surface area contributed by atoms with Gasteiger partial charge in [-0.1, -0.05) is 6.92 Å². The minimum Gasteiger partial charge on any atom is -0.395 e. The van der Waals surface area contributed by atoms with Crippen LogP contribution in [0.4, 0.5) is 0 Å². The van der Waals surface area contributed by atoms with Gasteiger partial charge in [0.05, 0.1) is 19.8 Å². The smallest absolute Gasteiger partial charge is 0.165 e. The second-order valence-corrected chi connectivity index (χ2v) is 4.09. The van der Waals surface area contributed by atoms with E-state index in [2.05, 4.69) is 11.8 Å². The maximum Gasteiger partial charge on any atom is 0.165 e. The van der Waals surface area contributed by atoms with Crippen LogP contribution in [0, 0.1) is 0 Å². The van der Waals surface area contributed by atoms with Gasteiger partial charge in [-0.05, 0) is 26.4 Å². The highest BCUT2D eigenvalue weighted by atomic mass is 16.7. The number of hydrogen-bond acceptors (Lipinski definition) is 4. The van der Waals surface area contributed by atoms with Gasteiger partial charge < -0.3 is 19.5 Å². The van der Waals surface area contributed by atoms with E-state index in [1.807, 2.05) is 6.92 Å². The van der Waals surface area contributed by atoms with Crippen molar-refractivity contribution in [3.63, 3.8) is 0 Å². The van der Waals surface area contributed by atoms with Crippen LogP contribution in [0.3, 0.4) is 0 Å². The van der Waals surface area contributed by atoms with Crippen molar-refractivity contribution in [2.45, 2.75) is 32.5 Å². The van der Waals surface area contributed by atoms with Gasteiger partial charge in [0, 0.05) is 13.0 Å². The van der Waals surface area contributed by atoms with Crippen molar-refractivity contribution < 1.29 is 14.6 Å². The molecule has 0 aromatic carbocycles. The minimum atomic E-state index is -0.362. The lowest BCUT2D eigenvalue weighted by molar-refractivity contribution is -0.147. The van der Waals surface area contributed by atoms with Crippen molar-refractivity contribution in [3.8, 4) is 0 Å². The molecule has 0 radical (unpaired) electrons. The number of aliphatic hydroxyl groups excluding tert-OH is 1. The highest BCUT2D eigenvalue weighted by Gasteiger charge is 2.30. The molecule has 0 saturated carbocycles. The first-order chi connectivity index (χ1) is 7.20. The summed E-state index contributed by atoms with van der Waals surface area (Å²) in [5.74, 6) is -0.362. The van der Waals surface area contributed by atoms with E-state index in [4.69, 9.17) is 14.6 Å². The van der Waals surface area contributed by atoms with Gasteiger partial charge in [-0.2, -0.15) is 0 Å². The Kier molecular flexibility index (Phi) is 5.53. The first-order valence-corrected chi connectivity index (χ1v) is 5.81. The topological polar surface area (TPSA) is 41.9 Å². The Morgan fingerprint density at radius 2 is 1.93 bits per heavy atom. The molecule has 0 aromatic heterocycles. The normalized spacial score (nSPS) is 20.0.